The van der Waals surface area contributed by atoms with Crippen LogP contribution < -0.4 is 11.1 Å². The lowest BCUT2D eigenvalue weighted by molar-refractivity contribution is 0.184. The number of H-pyrrole nitrogens is 1. The molecule has 0 radical (unpaired) electrons. The molecule has 6 rings (SSSR count). The van der Waals surface area contributed by atoms with Gasteiger partial charge in [0.2, 0.25) is 0 Å². The van der Waals surface area contributed by atoms with E-state index in [0.717, 1.165) is 82.4 Å². The Morgan fingerprint density at radius 2 is 1.89 bits per heavy atom. The predicted molar refractivity (Wildman–Crippen MR) is 148 cm³/mol. The van der Waals surface area contributed by atoms with Crippen LogP contribution in [-0.2, 0) is 11.3 Å². The molecule has 1 fully saturated rings. The quantitative estimate of drug-likeness (QED) is 0.317. The zero-order valence-corrected chi connectivity index (χ0v) is 21.9. The molecule has 2 aromatic carbocycles. The monoisotopic (exact) mass is 498 g/mol. The zero-order valence-electron chi connectivity index (χ0n) is 21.9. The minimum atomic E-state index is 0.358. The first-order valence-corrected chi connectivity index (χ1v) is 13.0. The molecule has 1 saturated heterocycles. The van der Waals surface area contributed by atoms with Crippen molar-refractivity contribution in [3.8, 4) is 22.4 Å². The molecule has 5 aromatic rings. The molecule has 0 aliphatic carbocycles. The van der Waals surface area contributed by atoms with Gasteiger partial charge in [-0.3, -0.25) is 14.5 Å². The van der Waals surface area contributed by atoms with Crippen molar-refractivity contribution in [2.75, 3.05) is 32.5 Å². The number of anilines is 1. The SMILES string of the molecule is COCCn1cc2cc(-c3nn(C4CCNCC4)c(C)c3-c3c(C)c(C)cc4[nH]nc(N)c34)ccc2n1. The van der Waals surface area contributed by atoms with Gasteiger partial charge in [0.25, 0.3) is 0 Å². The minimum absolute atomic E-state index is 0.358. The summed E-state index contributed by atoms with van der Waals surface area (Å²) in [5.74, 6) is 0.517. The normalized spacial score (nSPS) is 14.8. The highest BCUT2D eigenvalue weighted by Crippen LogP contribution is 2.44. The van der Waals surface area contributed by atoms with Crippen LogP contribution in [0.1, 0.15) is 35.7 Å². The first-order valence-electron chi connectivity index (χ1n) is 13.0. The van der Waals surface area contributed by atoms with E-state index < -0.39 is 0 Å². The molecular weight excluding hydrogens is 464 g/mol. The third-order valence-corrected chi connectivity index (χ3v) is 7.80. The Balaban J connectivity index is 1.59. The van der Waals surface area contributed by atoms with Crippen molar-refractivity contribution in [3.63, 3.8) is 0 Å². The van der Waals surface area contributed by atoms with Gasteiger partial charge in [0, 0.05) is 41.1 Å². The summed E-state index contributed by atoms with van der Waals surface area (Å²) in [6, 6.07) is 8.91. The van der Waals surface area contributed by atoms with Gasteiger partial charge in [-0.15, -0.1) is 0 Å². The fourth-order valence-electron chi connectivity index (χ4n) is 5.71. The summed E-state index contributed by atoms with van der Waals surface area (Å²) in [5.41, 5.74) is 16.2. The molecule has 9 heteroatoms. The Bertz CT molecular complexity index is 1600. The lowest BCUT2D eigenvalue weighted by atomic mass is 9.90. The van der Waals surface area contributed by atoms with Crippen LogP contribution in [0, 0.1) is 20.8 Å². The van der Waals surface area contributed by atoms with Gasteiger partial charge >= 0.3 is 0 Å². The molecule has 4 heterocycles. The number of piperidine rings is 1. The smallest absolute Gasteiger partial charge is 0.153 e. The summed E-state index contributed by atoms with van der Waals surface area (Å²) in [4.78, 5) is 0. The number of nitrogens with zero attached hydrogens (tertiary/aromatic N) is 5. The van der Waals surface area contributed by atoms with Gasteiger partial charge in [-0.1, -0.05) is 6.07 Å². The Kier molecular flexibility index (Phi) is 5.97. The van der Waals surface area contributed by atoms with Gasteiger partial charge in [-0.25, -0.2) is 0 Å². The van der Waals surface area contributed by atoms with Crippen molar-refractivity contribution in [2.24, 2.45) is 0 Å². The number of nitrogens with one attached hydrogen (secondary N) is 2. The van der Waals surface area contributed by atoms with Crippen molar-refractivity contribution >= 4 is 27.6 Å². The highest BCUT2D eigenvalue weighted by atomic mass is 16.5. The van der Waals surface area contributed by atoms with E-state index in [1.54, 1.807) is 7.11 Å². The molecule has 0 atom stereocenters. The summed E-state index contributed by atoms with van der Waals surface area (Å²) >= 11 is 0. The van der Waals surface area contributed by atoms with Crippen LogP contribution in [0.5, 0.6) is 0 Å². The van der Waals surface area contributed by atoms with E-state index in [-0.39, 0.29) is 0 Å². The fraction of sp³-hybridized carbons (Fsp3) is 0.393. The number of nitrogen functional groups attached to an aromatic ring is 1. The molecule has 0 spiro atoms. The van der Waals surface area contributed by atoms with Crippen LogP contribution in [0.25, 0.3) is 44.2 Å². The summed E-state index contributed by atoms with van der Waals surface area (Å²) in [6.45, 7) is 9.86. The third kappa shape index (κ3) is 3.98. The van der Waals surface area contributed by atoms with E-state index >= 15 is 0 Å². The van der Waals surface area contributed by atoms with Gasteiger partial charge in [-0.05, 0) is 76.0 Å². The van der Waals surface area contributed by atoms with E-state index in [0.29, 0.717) is 18.5 Å². The van der Waals surface area contributed by atoms with Crippen molar-refractivity contribution in [1.82, 2.24) is 35.1 Å². The lowest BCUT2D eigenvalue weighted by Crippen LogP contribution is -2.30. The highest BCUT2D eigenvalue weighted by molar-refractivity contribution is 6.06. The van der Waals surface area contributed by atoms with Crippen molar-refractivity contribution in [2.45, 2.75) is 46.2 Å². The van der Waals surface area contributed by atoms with Crippen LogP contribution in [-0.4, -0.2) is 56.6 Å². The summed E-state index contributed by atoms with van der Waals surface area (Å²) in [7, 11) is 1.71. The molecule has 37 heavy (non-hydrogen) atoms. The molecule has 1 aliphatic rings. The van der Waals surface area contributed by atoms with Crippen molar-refractivity contribution in [3.05, 3.63) is 47.3 Å². The van der Waals surface area contributed by atoms with Gasteiger partial charge in [0.05, 0.1) is 35.6 Å². The zero-order chi connectivity index (χ0) is 25.7. The second-order valence-electron chi connectivity index (χ2n) is 10.1. The number of nitrogens with two attached hydrogens (primary N) is 1. The summed E-state index contributed by atoms with van der Waals surface area (Å²) in [5, 5.41) is 23.0. The van der Waals surface area contributed by atoms with E-state index in [9.17, 15) is 0 Å². The number of ether oxygens (including phenoxy) is 1. The molecular formula is C28H34N8O. The second kappa shape index (κ2) is 9.32. The number of rotatable bonds is 6. The molecule has 192 valence electrons. The molecule has 4 N–H and O–H groups in total. The fourth-order valence-corrected chi connectivity index (χ4v) is 5.71. The first-order chi connectivity index (χ1) is 18.0. The Morgan fingerprint density at radius 3 is 2.68 bits per heavy atom. The lowest BCUT2D eigenvalue weighted by Gasteiger charge is -2.24. The van der Waals surface area contributed by atoms with E-state index in [2.05, 4.69) is 71.4 Å². The number of benzene rings is 2. The maximum Gasteiger partial charge on any atom is 0.153 e. The van der Waals surface area contributed by atoms with E-state index in [1.807, 2.05) is 4.68 Å². The Hall–Kier alpha value is -3.69. The summed E-state index contributed by atoms with van der Waals surface area (Å²) in [6.07, 6.45) is 4.20. The van der Waals surface area contributed by atoms with Gasteiger partial charge in [-0.2, -0.15) is 15.3 Å². The van der Waals surface area contributed by atoms with Crippen LogP contribution in [0.2, 0.25) is 0 Å². The van der Waals surface area contributed by atoms with Crippen molar-refractivity contribution < 1.29 is 4.74 Å². The van der Waals surface area contributed by atoms with Crippen LogP contribution in [0.4, 0.5) is 5.82 Å². The Labute approximate surface area is 216 Å². The second-order valence-corrected chi connectivity index (χ2v) is 10.1. The predicted octanol–water partition coefficient (Wildman–Crippen LogP) is 4.52. The summed E-state index contributed by atoms with van der Waals surface area (Å²) < 4.78 is 9.43. The molecule has 9 nitrogen and oxygen atoms in total. The average molecular weight is 499 g/mol. The molecule has 0 amide bonds. The van der Waals surface area contributed by atoms with Gasteiger partial charge in [0.15, 0.2) is 5.82 Å². The minimum Gasteiger partial charge on any atom is -0.383 e. The third-order valence-electron chi connectivity index (χ3n) is 7.80. The van der Waals surface area contributed by atoms with Gasteiger partial charge < -0.3 is 15.8 Å². The average Bonchev–Trinajstić information content (AvgIpc) is 3.59. The molecule has 0 bridgehead atoms. The molecule has 0 unspecified atom stereocenters. The van der Waals surface area contributed by atoms with E-state index in [4.69, 9.17) is 20.7 Å². The maximum atomic E-state index is 6.44. The number of aryl methyl sites for hydroxylation is 1. The molecule has 1 aliphatic heterocycles. The number of fused-ring (bicyclic) bond motifs is 2. The Morgan fingerprint density at radius 1 is 1.08 bits per heavy atom. The first kappa shape index (κ1) is 23.7. The van der Waals surface area contributed by atoms with Crippen LogP contribution in [0.3, 0.4) is 0 Å². The van der Waals surface area contributed by atoms with Gasteiger partial charge in [0.1, 0.15) is 5.69 Å². The van der Waals surface area contributed by atoms with Crippen LogP contribution >= 0.6 is 0 Å². The number of aromatic amines is 1. The largest absolute Gasteiger partial charge is 0.383 e. The highest BCUT2D eigenvalue weighted by Gasteiger charge is 2.27. The maximum absolute atomic E-state index is 6.44. The van der Waals surface area contributed by atoms with Crippen LogP contribution in [0.15, 0.2) is 30.5 Å². The number of hydrogen-bond acceptors (Lipinski definition) is 6. The topological polar surface area (TPSA) is 112 Å². The van der Waals surface area contributed by atoms with E-state index in [1.165, 1.54) is 11.1 Å². The number of hydrogen-bond donors (Lipinski definition) is 3. The number of aromatic nitrogens is 6. The standard InChI is InChI=1S/C28H34N8O/c1-16-13-23-26(28(29)32-31-23)24(17(16)2)25-18(3)36(21-7-9-30-10-8-21)34-27(25)19-5-6-22-20(14-19)15-35(33-22)11-12-37-4/h5-6,13-15,21,30H,7-12H2,1-4H3,(H3,29,31,32). The molecule has 0 saturated carbocycles. The number of methoxy groups -OCH3 is 1. The van der Waals surface area contributed by atoms with Crippen molar-refractivity contribution in [1.29, 1.82) is 0 Å². The molecule has 3 aromatic heterocycles.